The summed E-state index contributed by atoms with van der Waals surface area (Å²) in [4.78, 5) is 17.8. The van der Waals surface area contributed by atoms with E-state index >= 15 is 0 Å². The van der Waals surface area contributed by atoms with Crippen LogP contribution in [0.5, 0.6) is 0 Å². The molecule has 2 N–H and O–H groups in total. The second-order valence-electron chi connectivity index (χ2n) is 5.22. The van der Waals surface area contributed by atoms with Crippen LogP contribution in [0.15, 0.2) is 24.4 Å². The molecule has 6 heteroatoms. The van der Waals surface area contributed by atoms with Crippen LogP contribution in [0.3, 0.4) is 0 Å². The van der Waals surface area contributed by atoms with E-state index in [0.717, 1.165) is 0 Å². The number of alkyl halides is 2. The Morgan fingerprint density at radius 1 is 1.55 bits per heavy atom. The smallest absolute Gasteiger partial charge is 0.261 e. The predicted octanol–water partition coefficient (Wildman–Crippen LogP) is 1.90. The van der Waals surface area contributed by atoms with Gasteiger partial charge in [0.25, 0.3) is 5.92 Å². The molecule has 1 saturated heterocycles. The Kier molecular flexibility index (Phi) is 4.04. The number of hydrogen-bond acceptors (Lipinski definition) is 3. The topological polar surface area (TPSA) is 59.2 Å². The van der Waals surface area contributed by atoms with Crippen LogP contribution in [-0.4, -0.2) is 34.8 Å². The van der Waals surface area contributed by atoms with Crippen LogP contribution in [0.4, 0.5) is 8.78 Å². The fraction of sp³-hybridized carbons (Fsp3) is 0.571. The summed E-state index contributed by atoms with van der Waals surface area (Å²) in [7, 11) is 0. The minimum atomic E-state index is -2.77. The highest BCUT2D eigenvalue weighted by Crippen LogP contribution is 2.39. The monoisotopic (exact) mass is 283 g/mol. The maximum atomic E-state index is 13.5. The Labute approximate surface area is 117 Å². The van der Waals surface area contributed by atoms with E-state index in [0.29, 0.717) is 18.5 Å². The van der Waals surface area contributed by atoms with Crippen LogP contribution in [0, 0.1) is 0 Å². The zero-order valence-electron chi connectivity index (χ0n) is 11.5. The van der Waals surface area contributed by atoms with Gasteiger partial charge in [-0.1, -0.05) is 19.4 Å². The summed E-state index contributed by atoms with van der Waals surface area (Å²) in [5, 5.41) is 0. The normalized spacial score (nSPS) is 21.6. The van der Waals surface area contributed by atoms with Gasteiger partial charge in [-0.05, 0) is 18.6 Å². The maximum Gasteiger partial charge on any atom is 0.261 e. The fourth-order valence-corrected chi connectivity index (χ4v) is 2.88. The van der Waals surface area contributed by atoms with E-state index in [1.807, 2.05) is 6.92 Å². The number of primary amides is 1. The molecule has 2 heterocycles. The van der Waals surface area contributed by atoms with Gasteiger partial charge in [0.2, 0.25) is 5.91 Å². The van der Waals surface area contributed by atoms with Crippen molar-refractivity contribution in [2.45, 2.75) is 37.6 Å². The minimum absolute atomic E-state index is 0.145. The van der Waals surface area contributed by atoms with Gasteiger partial charge in [0.1, 0.15) is 5.54 Å². The molecule has 20 heavy (non-hydrogen) atoms. The molecular weight excluding hydrogens is 264 g/mol. The molecule has 1 aromatic heterocycles. The third-order valence-electron chi connectivity index (χ3n) is 3.82. The fourth-order valence-electron chi connectivity index (χ4n) is 2.88. The molecule has 4 nitrogen and oxygen atoms in total. The summed E-state index contributed by atoms with van der Waals surface area (Å²) in [6.45, 7) is 1.59. The van der Waals surface area contributed by atoms with Crippen molar-refractivity contribution < 1.29 is 13.6 Å². The van der Waals surface area contributed by atoms with Crippen molar-refractivity contribution in [2.24, 2.45) is 5.73 Å². The number of amides is 1. The Bertz CT molecular complexity index is 481. The van der Waals surface area contributed by atoms with E-state index < -0.39 is 23.9 Å². The van der Waals surface area contributed by atoms with Gasteiger partial charge in [-0.3, -0.25) is 14.7 Å². The molecule has 0 saturated carbocycles. The molecule has 1 unspecified atom stereocenters. The van der Waals surface area contributed by atoms with Gasteiger partial charge in [0.05, 0.1) is 12.2 Å². The SMILES string of the molecule is CCCC(C(N)=O)(c1ccccn1)N1CCC(F)(F)C1. The van der Waals surface area contributed by atoms with E-state index in [2.05, 4.69) is 4.98 Å². The molecule has 1 fully saturated rings. The van der Waals surface area contributed by atoms with Crippen molar-refractivity contribution >= 4 is 5.91 Å². The van der Waals surface area contributed by atoms with Crippen molar-refractivity contribution in [3.8, 4) is 0 Å². The first-order valence-corrected chi connectivity index (χ1v) is 6.77. The molecule has 2 rings (SSSR count). The Balaban J connectivity index is 2.46. The first-order valence-electron chi connectivity index (χ1n) is 6.77. The lowest BCUT2D eigenvalue weighted by atomic mass is 9.86. The van der Waals surface area contributed by atoms with Gasteiger partial charge in [-0.2, -0.15) is 0 Å². The number of carbonyl (C=O) groups is 1. The van der Waals surface area contributed by atoms with Crippen LogP contribution in [0.1, 0.15) is 31.9 Å². The Morgan fingerprint density at radius 3 is 2.75 bits per heavy atom. The van der Waals surface area contributed by atoms with Gasteiger partial charge in [0.15, 0.2) is 0 Å². The van der Waals surface area contributed by atoms with Crippen molar-refractivity contribution in [3.05, 3.63) is 30.1 Å². The van der Waals surface area contributed by atoms with E-state index in [9.17, 15) is 13.6 Å². The number of pyridine rings is 1. The first-order chi connectivity index (χ1) is 9.42. The summed E-state index contributed by atoms with van der Waals surface area (Å²) in [5.74, 6) is -3.39. The number of nitrogens with two attached hydrogens (primary N) is 1. The summed E-state index contributed by atoms with van der Waals surface area (Å²) in [6, 6.07) is 5.14. The van der Waals surface area contributed by atoms with Crippen molar-refractivity contribution in [2.75, 3.05) is 13.1 Å². The maximum absolute atomic E-state index is 13.5. The summed E-state index contributed by atoms with van der Waals surface area (Å²) in [6.07, 6.45) is 2.34. The van der Waals surface area contributed by atoms with Gasteiger partial charge in [-0.15, -0.1) is 0 Å². The molecule has 0 aliphatic carbocycles. The number of aromatic nitrogens is 1. The van der Waals surface area contributed by atoms with Crippen LogP contribution in [0.25, 0.3) is 0 Å². The molecule has 1 aromatic rings. The van der Waals surface area contributed by atoms with Crippen LogP contribution in [-0.2, 0) is 10.3 Å². The van der Waals surface area contributed by atoms with Crippen LogP contribution < -0.4 is 5.73 Å². The number of rotatable bonds is 5. The third-order valence-corrected chi connectivity index (χ3v) is 3.82. The third kappa shape index (κ3) is 2.52. The van der Waals surface area contributed by atoms with Gasteiger partial charge < -0.3 is 5.73 Å². The van der Waals surface area contributed by atoms with Crippen molar-refractivity contribution in [1.82, 2.24) is 9.88 Å². The molecular formula is C14H19F2N3O. The van der Waals surface area contributed by atoms with Gasteiger partial charge in [0, 0.05) is 19.2 Å². The van der Waals surface area contributed by atoms with E-state index in [1.54, 1.807) is 24.4 Å². The van der Waals surface area contributed by atoms with Crippen LogP contribution >= 0.6 is 0 Å². The summed E-state index contributed by atoms with van der Waals surface area (Å²) >= 11 is 0. The van der Waals surface area contributed by atoms with Gasteiger partial charge in [-0.25, -0.2) is 8.78 Å². The zero-order valence-corrected chi connectivity index (χ0v) is 11.5. The predicted molar refractivity (Wildman–Crippen MR) is 71.2 cm³/mol. The largest absolute Gasteiger partial charge is 0.368 e. The van der Waals surface area contributed by atoms with E-state index in [4.69, 9.17) is 5.73 Å². The molecule has 110 valence electrons. The molecule has 0 radical (unpaired) electrons. The van der Waals surface area contributed by atoms with Crippen LogP contribution in [0.2, 0.25) is 0 Å². The molecule has 0 bridgehead atoms. The summed E-state index contributed by atoms with van der Waals surface area (Å²) < 4.78 is 27.1. The van der Waals surface area contributed by atoms with E-state index in [-0.39, 0.29) is 13.0 Å². The molecule has 1 atom stereocenters. The standard InChI is InChI=1S/C14H19F2N3O/c1-2-6-14(12(17)20,11-5-3-4-8-18-11)19-9-7-13(15,16)10-19/h3-5,8H,2,6-7,9-10H2,1H3,(H2,17,20). The van der Waals surface area contributed by atoms with E-state index in [1.165, 1.54) is 4.90 Å². The lowest BCUT2D eigenvalue weighted by Crippen LogP contribution is -2.55. The quantitative estimate of drug-likeness (QED) is 0.898. The Morgan fingerprint density at radius 2 is 2.30 bits per heavy atom. The highest BCUT2D eigenvalue weighted by molar-refractivity contribution is 5.85. The zero-order chi connectivity index (χ0) is 14.8. The lowest BCUT2D eigenvalue weighted by Gasteiger charge is -2.38. The molecule has 1 amide bonds. The molecule has 1 aliphatic heterocycles. The number of halogens is 2. The Hall–Kier alpha value is -1.56. The highest BCUT2D eigenvalue weighted by atomic mass is 19.3. The number of nitrogens with zero attached hydrogens (tertiary/aromatic N) is 2. The highest BCUT2D eigenvalue weighted by Gasteiger charge is 2.52. The molecule has 0 aromatic carbocycles. The number of likely N-dealkylation sites (tertiary alicyclic amines) is 1. The first kappa shape index (κ1) is 14.8. The molecule has 1 aliphatic rings. The number of carbonyl (C=O) groups excluding carboxylic acids is 1. The average molecular weight is 283 g/mol. The average Bonchev–Trinajstić information content (AvgIpc) is 2.77. The number of hydrogen-bond donors (Lipinski definition) is 1. The second-order valence-corrected chi connectivity index (χ2v) is 5.22. The second kappa shape index (κ2) is 5.44. The van der Waals surface area contributed by atoms with Crippen molar-refractivity contribution in [1.29, 1.82) is 0 Å². The van der Waals surface area contributed by atoms with Crippen molar-refractivity contribution in [3.63, 3.8) is 0 Å². The molecule has 0 spiro atoms. The minimum Gasteiger partial charge on any atom is -0.368 e. The lowest BCUT2D eigenvalue weighted by molar-refractivity contribution is -0.132. The summed E-state index contributed by atoms with van der Waals surface area (Å²) in [5.41, 5.74) is 4.80. The van der Waals surface area contributed by atoms with Gasteiger partial charge >= 0.3 is 0 Å².